The van der Waals surface area contributed by atoms with Gasteiger partial charge in [-0.3, -0.25) is 19.5 Å². The Labute approximate surface area is 564 Å². The molecular formula is C83H120N8O2. The van der Waals surface area contributed by atoms with Crippen molar-refractivity contribution >= 4 is 40.6 Å². The molecule has 2 saturated heterocycles. The molecule has 10 heteroatoms. The molecule has 1 N–H and O–H groups in total. The van der Waals surface area contributed by atoms with Gasteiger partial charge in [-0.25, -0.2) is 0 Å². The Morgan fingerprint density at radius 2 is 1.08 bits per heavy atom. The minimum Gasteiger partial charge on any atom is -0.353 e. The average molecular weight is 1260 g/mol. The third-order valence-electron chi connectivity index (χ3n) is 17.5. The lowest BCUT2D eigenvalue weighted by Crippen LogP contribution is -2.43. The van der Waals surface area contributed by atoms with Crippen molar-refractivity contribution < 1.29 is 9.59 Å². The van der Waals surface area contributed by atoms with Crippen LogP contribution in [-0.4, -0.2) is 135 Å². The van der Waals surface area contributed by atoms with Crippen molar-refractivity contribution in [1.82, 2.24) is 34.5 Å². The number of likely N-dealkylation sites (tertiary alicyclic amines) is 2. The number of carbonyl (C=O) groups excluding carboxylic acids is 2. The fraction of sp³-hybridized carbons (Fsp3) is 0.482. The fourth-order valence-electron chi connectivity index (χ4n) is 11.3. The maximum Gasteiger partial charge on any atom is 0.241 e. The number of amides is 2. The summed E-state index contributed by atoms with van der Waals surface area (Å²) in [6.07, 6.45) is 22.5. The Balaban J connectivity index is 0.000000205. The van der Waals surface area contributed by atoms with E-state index in [-0.39, 0.29) is 11.8 Å². The van der Waals surface area contributed by atoms with Gasteiger partial charge in [0, 0.05) is 62.5 Å². The van der Waals surface area contributed by atoms with Crippen LogP contribution in [0.2, 0.25) is 0 Å². The van der Waals surface area contributed by atoms with Crippen LogP contribution in [0.25, 0.3) is 23.1 Å². The molecule has 10 nitrogen and oxygen atoms in total. The van der Waals surface area contributed by atoms with Crippen molar-refractivity contribution in [3.8, 4) is 0 Å². The highest BCUT2D eigenvalue weighted by Crippen LogP contribution is 2.31. The Morgan fingerprint density at radius 3 is 1.58 bits per heavy atom. The van der Waals surface area contributed by atoms with Gasteiger partial charge in [-0.05, 0) is 220 Å². The summed E-state index contributed by atoms with van der Waals surface area (Å²) in [6.45, 7) is 34.6. The van der Waals surface area contributed by atoms with Gasteiger partial charge in [0.25, 0.3) is 0 Å². The van der Waals surface area contributed by atoms with Crippen molar-refractivity contribution in [2.24, 2.45) is 7.05 Å². The number of pyridine rings is 1. The highest BCUT2D eigenvalue weighted by Gasteiger charge is 2.25. The van der Waals surface area contributed by atoms with Gasteiger partial charge in [-0.1, -0.05) is 211 Å². The number of benzene rings is 5. The zero-order valence-electron chi connectivity index (χ0n) is 60.8. The van der Waals surface area contributed by atoms with Gasteiger partial charge in [-0.2, -0.15) is 0 Å². The number of hydrogen-bond donors (Lipinski definition) is 1. The van der Waals surface area contributed by atoms with Crippen LogP contribution in [0, 0.1) is 0 Å². The second-order valence-electron chi connectivity index (χ2n) is 28.2. The van der Waals surface area contributed by atoms with E-state index >= 15 is 0 Å². The Kier molecular flexibility index (Phi) is 33.3. The van der Waals surface area contributed by atoms with Gasteiger partial charge in [0.15, 0.2) is 0 Å². The largest absolute Gasteiger partial charge is 0.353 e. The molecule has 0 spiro atoms. The van der Waals surface area contributed by atoms with Gasteiger partial charge in [0.05, 0.1) is 13.0 Å². The molecule has 0 unspecified atom stereocenters. The number of hydrogen-bond acceptors (Lipinski definition) is 7. The van der Waals surface area contributed by atoms with Crippen LogP contribution in [-0.2, 0) is 29.5 Å². The monoisotopic (exact) mass is 1260 g/mol. The van der Waals surface area contributed by atoms with Crippen molar-refractivity contribution in [1.29, 1.82) is 0 Å². The van der Waals surface area contributed by atoms with Crippen molar-refractivity contribution in [2.45, 2.75) is 170 Å². The van der Waals surface area contributed by atoms with Crippen molar-refractivity contribution in [2.75, 3.05) is 92.5 Å². The molecule has 5 aromatic carbocycles. The van der Waals surface area contributed by atoms with E-state index in [0.29, 0.717) is 54.5 Å². The molecule has 2 aromatic heterocycles. The Morgan fingerprint density at radius 1 is 0.559 bits per heavy atom. The molecule has 0 saturated carbocycles. The van der Waals surface area contributed by atoms with Crippen LogP contribution < -0.4 is 10.2 Å². The zero-order chi connectivity index (χ0) is 68.0. The summed E-state index contributed by atoms with van der Waals surface area (Å²) in [5.41, 5.74) is 15.6. The first-order valence-corrected chi connectivity index (χ1v) is 34.9. The number of fused-ring (bicyclic) bond motifs is 2. The van der Waals surface area contributed by atoms with Crippen LogP contribution in [0.5, 0.6) is 0 Å². The van der Waals surface area contributed by atoms with Gasteiger partial charge in [-0.15, -0.1) is 0 Å². The minimum atomic E-state index is 0.150. The molecule has 3 aliphatic heterocycles. The fourth-order valence-corrected chi connectivity index (χ4v) is 11.3. The molecule has 0 radical (unpaired) electrons. The first-order valence-electron chi connectivity index (χ1n) is 34.9. The lowest BCUT2D eigenvalue weighted by atomic mass is 10.00. The molecule has 0 aliphatic carbocycles. The second kappa shape index (κ2) is 40.3. The number of nitrogens with one attached hydrogen (secondary N) is 1. The summed E-state index contributed by atoms with van der Waals surface area (Å²) in [7, 11) is 12.2. The Hall–Kier alpha value is -6.95. The molecule has 2 amide bonds. The van der Waals surface area contributed by atoms with E-state index < -0.39 is 0 Å². The number of likely N-dealkylation sites (N-methyl/N-ethyl adjacent to an activating group) is 2. The molecule has 3 aliphatic rings. The van der Waals surface area contributed by atoms with Crippen LogP contribution in [0.3, 0.4) is 0 Å². The predicted octanol–water partition coefficient (Wildman–Crippen LogP) is 18.0. The highest BCUT2D eigenvalue weighted by atomic mass is 16.2. The summed E-state index contributed by atoms with van der Waals surface area (Å²) < 4.78 is 2.15. The third kappa shape index (κ3) is 27.9. The smallest absolute Gasteiger partial charge is 0.241 e. The molecule has 7 aromatic rings. The second-order valence-corrected chi connectivity index (χ2v) is 28.2. The summed E-state index contributed by atoms with van der Waals surface area (Å²) in [4.78, 5) is 39.0. The van der Waals surface area contributed by atoms with Gasteiger partial charge in [0.1, 0.15) is 0 Å². The number of carbonyl (C=O) groups is 2. The third-order valence-corrected chi connectivity index (χ3v) is 17.5. The zero-order valence-corrected chi connectivity index (χ0v) is 60.8. The number of rotatable bonds is 17. The van der Waals surface area contributed by atoms with Crippen molar-refractivity contribution in [3.05, 3.63) is 214 Å². The van der Waals surface area contributed by atoms with E-state index in [2.05, 4.69) is 293 Å². The van der Waals surface area contributed by atoms with Crippen molar-refractivity contribution in [3.63, 3.8) is 0 Å². The summed E-state index contributed by atoms with van der Waals surface area (Å²) in [6, 6.07) is 45.9. The van der Waals surface area contributed by atoms with Crippen LogP contribution in [0.15, 0.2) is 158 Å². The first kappa shape index (κ1) is 76.8. The molecule has 0 bridgehead atoms. The number of aryl methyl sites for hydroxylation is 1. The van der Waals surface area contributed by atoms with E-state index in [0.717, 1.165) is 63.2 Å². The minimum absolute atomic E-state index is 0.150. The van der Waals surface area contributed by atoms with E-state index in [4.69, 9.17) is 0 Å². The first-order chi connectivity index (χ1) is 44.4. The molecule has 10 rings (SSSR count). The van der Waals surface area contributed by atoms with Crippen LogP contribution in [0.1, 0.15) is 206 Å². The summed E-state index contributed by atoms with van der Waals surface area (Å²) in [5.74, 6) is 3.87. The Bertz CT molecular complexity index is 3280. The maximum atomic E-state index is 12.1. The quantitative estimate of drug-likeness (QED) is 0.0973. The molecule has 93 heavy (non-hydrogen) atoms. The lowest BCUT2D eigenvalue weighted by molar-refractivity contribution is -0.121. The molecule has 0 atom stereocenters. The van der Waals surface area contributed by atoms with Gasteiger partial charge >= 0.3 is 0 Å². The predicted molar refractivity (Wildman–Crippen MR) is 401 cm³/mol. The number of aromatic nitrogens is 2. The number of nitrogens with zero attached hydrogens (tertiary/aromatic N) is 7. The maximum absolute atomic E-state index is 12.1. The van der Waals surface area contributed by atoms with Gasteiger partial charge < -0.3 is 29.5 Å². The molecule has 5 heterocycles. The van der Waals surface area contributed by atoms with E-state index in [1.54, 1.807) is 6.20 Å². The normalized spacial score (nSPS) is 14.5. The summed E-state index contributed by atoms with van der Waals surface area (Å²) in [5, 5.41) is 4.50. The standard InChI is InChI=1S/C17H26N2O.C17H25N.C15H22N2O.C14H21N.C12H15N.C8H11N/c1-13(2)15-6-4-14(5-7-15)12-17(20)18-16-8-10-19(3)11-9-16;1-15(2)17-10-8-16(9-11-17)7-6-14-18-12-4-3-5-13-18;1-11(2)12-5-6-14-13(9-12)7-8-17(14)15(18)10-16(3)4;1-12(2)14-9-7-13(8-10-14)6-5-11-15(3)4;1-9(2)10-4-5-12-11(8-10)6-7-13(12)3;1-7(2)8-4-3-5-9-6-8/h4-7,13,16H,8-12H2,1-3H3,(H,18,20);6-11,15H,3-5,12-14H2,1-2H3;5-6,9,11H,7-8,10H2,1-4H3;5-10,12H,11H2,1-4H3;4-9H,1-3H3;3-7H,1-2H3/b;7-6+;;6-5+;;. The highest BCUT2D eigenvalue weighted by molar-refractivity contribution is 5.96. The summed E-state index contributed by atoms with van der Waals surface area (Å²) >= 11 is 0. The van der Waals surface area contributed by atoms with E-state index in [9.17, 15) is 9.59 Å². The van der Waals surface area contributed by atoms with E-state index in [1.165, 1.54) is 93.3 Å². The van der Waals surface area contributed by atoms with Crippen LogP contribution in [0.4, 0.5) is 5.69 Å². The number of piperidine rings is 2. The lowest BCUT2D eigenvalue weighted by Gasteiger charge is -2.29. The van der Waals surface area contributed by atoms with E-state index in [1.807, 2.05) is 36.2 Å². The molecule has 504 valence electrons. The SMILES string of the molecule is CC(C)c1ccc(/C=C/CN(C)C)cc1.CC(C)c1ccc(/C=C/CN2CCCCC2)cc1.CC(C)c1ccc(CC(=O)NC2CCN(C)CC2)cc1.CC(C)c1ccc2c(c1)CCN2C(=O)CN(C)C.CC(C)c1ccc2c(ccn2C)c1.CC(C)c1cccnc1. The van der Waals surface area contributed by atoms with Gasteiger partial charge in [0.2, 0.25) is 11.8 Å². The molecule has 2 fully saturated rings. The van der Waals surface area contributed by atoms with Crippen LogP contribution >= 0.6 is 0 Å². The average Bonchev–Trinajstić information content (AvgIpc) is 1.69. The number of anilines is 1. The molecular weight excluding hydrogens is 1140 g/mol. The topological polar surface area (TPSA) is 80.2 Å².